The van der Waals surface area contributed by atoms with E-state index >= 15 is 0 Å². The molecule has 4 aromatic rings. The smallest absolute Gasteiger partial charge is 0.135 e. The van der Waals surface area contributed by atoms with Crippen LogP contribution in [0.5, 0.6) is 11.5 Å². The summed E-state index contributed by atoms with van der Waals surface area (Å²) in [5.41, 5.74) is 5.11. The summed E-state index contributed by atoms with van der Waals surface area (Å²) in [6.07, 6.45) is 0. The van der Waals surface area contributed by atoms with Crippen molar-refractivity contribution in [3.63, 3.8) is 0 Å². The minimum atomic E-state index is 0.623. The molecule has 0 saturated carbocycles. The molecule has 0 atom stereocenters. The van der Waals surface area contributed by atoms with E-state index < -0.39 is 0 Å². The van der Waals surface area contributed by atoms with Gasteiger partial charge in [0.1, 0.15) is 11.5 Å². The van der Waals surface area contributed by atoms with Crippen LogP contribution in [-0.4, -0.2) is 0 Å². The van der Waals surface area contributed by atoms with Crippen LogP contribution in [0.25, 0.3) is 22.3 Å². The molecule has 0 saturated heterocycles. The predicted molar refractivity (Wildman–Crippen MR) is 113 cm³/mol. The summed E-state index contributed by atoms with van der Waals surface area (Å²) in [4.78, 5) is 0. The minimum Gasteiger partial charge on any atom is -0.456 e. The van der Waals surface area contributed by atoms with Crippen LogP contribution in [0.2, 0.25) is 0 Å². The van der Waals surface area contributed by atoms with Crippen molar-refractivity contribution in [3.05, 3.63) is 108 Å². The van der Waals surface area contributed by atoms with E-state index in [1.165, 1.54) is 0 Å². The zero-order valence-electron chi connectivity index (χ0n) is 15.5. The Kier molecular flexibility index (Phi) is 5.06. The van der Waals surface area contributed by atoms with Crippen molar-refractivity contribution in [1.29, 1.82) is 10.5 Å². The summed E-state index contributed by atoms with van der Waals surface area (Å²) in [6, 6.07) is 34.9. The number of rotatable bonds is 4. The molecule has 0 heterocycles. The molecule has 3 heteroatoms. The van der Waals surface area contributed by atoms with Gasteiger partial charge in [-0.05, 0) is 47.5 Å². The van der Waals surface area contributed by atoms with Crippen molar-refractivity contribution >= 4 is 0 Å². The molecule has 3 nitrogen and oxygen atoms in total. The summed E-state index contributed by atoms with van der Waals surface area (Å²) < 4.78 is 6.33. The number of nitriles is 2. The fourth-order valence-electron chi connectivity index (χ4n) is 3.16. The van der Waals surface area contributed by atoms with Gasteiger partial charge in [0.05, 0.1) is 23.3 Å². The molecule has 0 amide bonds. The maximum absolute atomic E-state index is 9.03. The van der Waals surface area contributed by atoms with E-state index in [0.29, 0.717) is 11.1 Å². The third kappa shape index (κ3) is 3.86. The SMILES string of the molecule is N#Cc1ccc(-c2ccccc2Oc2ccccc2-c2ccc(C#N)cc2)cc1. The van der Waals surface area contributed by atoms with Gasteiger partial charge in [0, 0.05) is 11.1 Å². The molecule has 0 N–H and O–H groups in total. The molecule has 0 radical (unpaired) electrons. The molecule has 0 unspecified atom stereocenters. The first kappa shape index (κ1) is 18.0. The Bertz CT molecular complexity index is 1130. The fraction of sp³-hybridized carbons (Fsp3) is 0. The van der Waals surface area contributed by atoms with Gasteiger partial charge in [-0.3, -0.25) is 0 Å². The Balaban J connectivity index is 1.72. The van der Waals surface area contributed by atoms with Crippen LogP contribution in [0.1, 0.15) is 11.1 Å². The molecule has 0 aliphatic rings. The first-order valence-corrected chi connectivity index (χ1v) is 9.15. The highest BCUT2D eigenvalue weighted by molar-refractivity contribution is 5.74. The van der Waals surface area contributed by atoms with E-state index in [-0.39, 0.29) is 0 Å². The zero-order valence-corrected chi connectivity index (χ0v) is 15.5. The largest absolute Gasteiger partial charge is 0.456 e. The molecule has 0 aromatic heterocycles. The third-order valence-corrected chi connectivity index (χ3v) is 4.64. The standard InChI is InChI=1S/C26H16N2O/c27-17-19-9-13-21(14-10-19)23-5-1-3-7-25(23)29-26-8-4-2-6-24(26)22-15-11-20(18-28)12-16-22/h1-16H. The highest BCUT2D eigenvalue weighted by Gasteiger charge is 2.11. The van der Waals surface area contributed by atoms with Crippen molar-refractivity contribution in [3.8, 4) is 45.9 Å². The summed E-state index contributed by atoms with van der Waals surface area (Å²) in [5.74, 6) is 1.47. The number of hydrogen-bond donors (Lipinski definition) is 0. The lowest BCUT2D eigenvalue weighted by molar-refractivity contribution is 0.486. The molecule has 0 fully saturated rings. The number of ether oxygens (including phenoxy) is 1. The quantitative estimate of drug-likeness (QED) is 0.408. The third-order valence-electron chi connectivity index (χ3n) is 4.64. The van der Waals surface area contributed by atoms with Crippen LogP contribution >= 0.6 is 0 Å². The topological polar surface area (TPSA) is 56.8 Å². The number of benzene rings is 4. The highest BCUT2D eigenvalue weighted by Crippen LogP contribution is 2.37. The van der Waals surface area contributed by atoms with E-state index in [4.69, 9.17) is 15.3 Å². The molecule has 136 valence electrons. The minimum absolute atomic E-state index is 0.623. The first-order chi connectivity index (χ1) is 14.3. The summed E-state index contributed by atoms with van der Waals surface area (Å²) >= 11 is 0. The Morgan fingerprint density at radius 2 is 0.862 bits per heavy atom. The molecule has 4 rings (SSSR count). The van der Waals surface area contributed by atoms with E-state index in [1.807, 2.05) is 72.8 Å². The van der Waals surface area contributed by atoms with Crippen LogP contribution in [0, 0.1) is 22.7 Å². The van der Waals surface area contributed by atoms with Gasteiger partial charge >= 0.3 is 0 Å². The van der Waals surface area contributed by atoms with Crippen molar-refractivity contribution < 1.29 is 4.74 Å². The Labute approximate surface area is 169 Å². The lowest BCUT2D eigenvalue weighted by Crippen LogP contribution is -1.91. The van der Waals surface area contributed by atoms with Crippen molar-refractivity contribution in [1.82, 2.24) is 0 Å². The van der Waals surface area contributed by atoms with E-state index in [0.717, 1.165) is 33.8 Å². The maximum Gasteiger partial charge on any atom is 0.135 e. The second-order valence-electron chi connectivity index (χ2n) is 6.47. The summed E-state index contributed by atoms with van der Waals surface area (Å²) in [6.45, 7) is 0. The monoisotopic (exact) mass is 372 g/mol. The second kappa shape index (κ2) is 8.13. The fourth-order valence-corrected chi connectivity index (χ4v) is 3.16. The second-order valence-corrected chi connectivity index (χ2v) is 6.47. The van der Waals surface area contributed by atoms with Crippen LogP contribution in [0.4, 0.5) is 0 Å². The van der Waals surface area contributed by atoms with Gasteiger partial charge in [-0.25, -0.2) is 0 Å². The van der Waals surface area contributed by atoms with Gasteiger partial charge in [0.15, 0.2) is 0 Å². The zero-order chi connectivity index (χ0) is 20.1. The van der Waals surface area contributed by atoms with Gasteiger partial charge in [-0.2, -0.15) is 10.5 Å². The molecular formula is C26H16N2O. The van der Waals surface area contributed by atoms with Gasteiger partial charge in [-0.15, -0.1) is 0 Å². The van der Waals surface area contributed by atoms with Crippen molar-refractivity contribution in [2.75, 3.05) is 0 Å². The number of hydrogen-bond acceptors (Lipinski definition) is 3. The lowest BCUT2D eigenvalue weighted by Gasteiger charge is -2.15. The van der Waals surface area contributed by atoms with Crippen LogP contribution in [0.15, 0.2) is 97.1 Å². The van der Waals surface area contributed by atoms with Gasteiger partial charge in [0.2, 0.25) is 0 Å². The van der Waals surface area contributed by atoms with E-state index in [1.54, 1.807) is 24.3 Å². The van der Waals surface area contributed by atoms with Crippen LogP contribution in [0.3, 0.4) is 0 Å². The summed E-state index contributed by atoms with van der Waals surface area (Å²) in [7, 11) is 0. The highest BCUT2D eigenvalue weighted by atomic mass is 16.5. The van der Waals surface area contributed by atoms with Gasteiger partial charge in [0.25, 0.3) is 0 Å². The van der Waals surface area contributed by atoms with Crippen LogP contribution < -0.4 is 4.74 Å². The van der Waals surface area contributed by atoms with Crippen molar-refractivity contribution in [2.24, 2.45) is 0 Å². The number of para-hydroxylation sites is 2. The van der Waals surface area contributed by atoms with Crippen molar-refractivity contribution in [2.45, 2.75) is 0 Å². The maximum atomic E-state index is 9.03. The van der Waals surface area contributed by atoms with Gasteiger partial charge in [-0.1, -0.05) is 60.7 Å². The molecule has 0 bridgehead atoms. The molecule has 0 aliphatic carbocycles. The molecule has 0 aliphatic heterocycles. The number of nitrogens with zero attached hydrogens (tertiary/aromatic N) is 2. The van der Waals surface area contributed by atoms with Gasteiger partial charge < -0.3 is 4.74 Å². The average Bonchev–Trinajstić information content (AvgIpc) is 2.80. The summed E-state index contributed by atoms with van der Waals surface area (Å²) in [5, 5.41) is 18.1. The Morgan fingerprint density at radius 3 is 1.24 bits per heavy atom. The molecule has 4 aromatic carbocycles. The first-order valence-electron chi connectivity index (χ1n) is 9.15. The normalized spacial score (nSPS) is 10.0. The van der Waals surface area contributed by atoms with E-state index in [9.17, 15) is 0 Å². The van der Waals surface area contributed by atoms with Crippen LogP contribution in [-0.2, 0) is 0 Å². The molecular weight excluding hydrogens is 356 g/mol. The Hall–Kier alpha value is -4.34. The molecule has 0 spiro atoms. The average molecular weight is 372 g/mol. The van der Waals surface area contributed by atoms with E-state index in [2.05, 4.69) is 12.1 Å². The molecule has 29 heavy (non-hydrogen) atoms. The Morgan fingerprint density at radius 1 is 0.483 bits per heavy atom. The lowest BCUT2D eigenvalue weighted by atomic mass is 10.0. The predicted octanol–water partition coefficient (Wildman–Crippen LogP) is 6.56.